The molecule has 4 heteroatoms. The molecule has 3 rings (SSSR count). The molecule has 1 aliphatic rings. The number of para-hydroxylation sites is 1. The Hall–Kier alpha value is -3.14. The highest BCUT2D eigenvalue weighted by Gasteiger charge is 2.30. The van der Waals surface area contributed by atoms with Crippen molar-refractivity contribution < 1.29 is 9.59 Å². The number of hydrogen-bond donors (Lipinski definition) is 0. The smallest absolute Gasteiger partial charge is 0.229 e. The summed E-state index contributed by atoms with van der Waals surface area (Å²) in [6.07, 6.45) is 5.60. The van der Waals surface area contributed by atoms with E-state index in [0.717, 1.165) is 16.8 Å². The lowest BCUT2D eigenvalue weighted by atomic mass is 9.93. The number of amides is 2. The molecule has 26 heavy (non-hydrogen) atoms. The third-order valence-corrected chi connectivity index (χ3v) is 4.52. The van der Waals surface area contributed by atoms with Crippen LogP contribution in [0.15, 0.2) is 73.5 Å². The van der Waals surface area contributed by atoms with Crippen molar-refractivity contribution in [3.05, 3.63) is 84.6 Å². The van der Waals surface area contributed by atoms with Crippen LogP contribution in [0.3, 0.4) is 0 Å². The largest absolute Gasteiger partial charge is 0.311 e. The topological polar surface area (TPSA) is 40.6 Å². The van der Waals surface area contributed by atoms with Crippen molar-refractivity contribution in [3.8, 4) is 0 Å². The van der Waals surface area contributed by atoms with Gasteiger partial charge >= 0.3 is 0 Å². The lowest BCUT2D eigenvalue weighted by Crippen LogP contribution is -2.37. The van der Waals surface area contributed by atoms with Crippen molar-refractivity contribution in [2.45, 2.75) is 19.4 Å². The molecule has 2 amide bonds. The molecule has 0 aromatic heterocycles. The minimum absolute atomic E-state index is 0.0440. The fourth-order valence-corrected chi connectivity index (χ4v) is 3.28. The minimum Gasteiger partial charge on any atom is -0.311 e. The average Bonchev–Trinajstić information content (AvgIpc) is 2.66. The van der Waals surface area contributed by atoms with Crippen molar-refractivity contribution in [2.75, 3.05) is 11.4 Å². The van der Waals surface area contributed by atoms with E-state index in [0.29, 0.717) is 6.54 Å². The maximum atomic E-state index is 13.1. The van der Waals surface area contributed by atoms with Gasteiger partial charge in [0.25, 0.3) is 0 Å². The van der Waals surface area contributed by atoms with E-state index in [2.05, 4.69) is 6.58 Å². The lowest BCUT2D eigenvalue weighted by molar-refractivity contribution is -0.129. The van der Waals surface area contributed by atoms with Crippen LogP contribution in [0, 0.1) is 0 Å². The normalized spacial score (nSPS) is 15.3. The summed E-state index contributed by atoms with van der Waals surface area (Å²) in [5, 5.41) is 0. The number of fused-ring (bicyclic) bond motifs is 1. The van der Waals surface area contributed by atoms with Crippen LogP contribution in [0.5, 0.6) is 0 Å². The Balaban J connectivity index is 1.91. The van der Waals surface area contributed by atoms with E-state index in [1.165, 1.54) is 6.92 Å². The SMILES string of the molecule is C=CCN(C(=O)CC1c2ccccc2C=CN1C(C)=O)c1ccccc1. The molecule has 0 spiro atoms. The molecule has 0 N–H and O–H groups in total. The van der Waals surface area contributed by atoms with E-state index in [9.17, 15) is 9.59 Å². The molecule has 0 radical (unpaired) electrons. The van der Waals surface area contributed by atoms with Crippen LogP contribution in [0.4, 0.5) is 5.69 Å². The Bertz CT molecular complexity index is 842. The second kappa shape index (κ2) is 7.83. The van der Waals surface area contributed by atoms with E-state index >= 15 is 0 Å². The second-order valence-electron chi connectivity index (χ2n) is 6.22. The van der Waals surface area contributed by atoms with Crippen LogP contribution in [0.25, 0.3) is 6.08 Å². The van der Waals surface area contributed by atoms with E-state index in [1.54, 1.807) is 22.1 Å². The monoisotopic (exact) mass is 346 g/mol. The highest BCUT2D eigenvalue weighted by molar-refractivity contribution is 5.94. The van der Waals surface area contributed by atoms with Gasteiger partial charge in [0.15, 0.2) is 0 Å². The highest BCUT2D eigenvalue weighted by atomic mass is 16.2. The van der Waals surface area contributed by atoms with E-state index in [1.807, 2.05) is 60.7 Å². The van der Waals surface area contributed by atoms with Gasteiger partial charge in [-0.05, 0) is 29.3 Å². The van der Waals surface area contributed by atoms with Crippen LogP contribution in [0.1, 0.15) is 30.5 Å². The molecule has 2 aromatic carbocycles. The summed E-state index contributed by atoms with van der Waals surface area (Å²) in [6.45, 7) is 5.71. The van der Waals surface area contributed by atoms with Crippen molar-refractivity contribution in [3.63, 3.8) is 0 Å². The van der Waals surface area contributed by atoms with E-state index in [4.69, 9.17) is 0 Å². The zero-order valence-electron chi connectivity index (χ0n) is 14.8. The number of nitrogens with zero attached hydrogens (tertiary/aromatic N) is 2. The summed E-state index contributed by atoms with van der Waals surface area (Å²) < 4.78 is 0. The van der Waals surface area contributed by atoms with Crippen molar-refractivity contribution in [1.29, 1.82) is 0 Å². The molecule has 0 bridgehead atoms. The zero-order chi connectivity index (χ0) is 18.5. The Morgan fingerprint density at radius 3 is 2.50 bits per heavy atom. The quantitative estimate of drug-likeness (QED) is 0.763. The Morgan fingerprint density at radius 1 is 1.12 bits per heavy atom. The van der Waals surface area contributed by atoms with Gasteiger partial charge in [0.05, 0.1) is 12.5 Å². The van der Waals surface area contributed by atoms with Gasteiger partial charge in [0.2, 0.25) is 11.8 Å². The molecule has 0 aliphatic carbocycles. The zero-order valence-corrected chi connectivity index (χ0v) is 14.8. The minimum atomic E-state index is -0.308. The summed E-state index contributed by atoms with van der Waals surface area (Å²) in [4.78, 5) is 28.5. The number of anilines is 1. The first kappa shape index (κ1) is 17.7. The number of carbonyl (C=O) groups excluding carboxylic acids is 2. The van der Waals surface area contributed by atoms with Crippen molar-refractivity contribution in [2.24, 2.45) is 0 Å². The first-order chi connectivity index (χ1) is 12.6. The van der Waals surface area contributed by atoms with E-state index < -0.39 is 0 Å². The molecule has 2 aromatic rings. The molecule has 1 unspecified atom stereocenters. The predicted octanol–water partition coefficient (Wildman–Crippen LogP) is 4.17. The molecule has 1 heterocycles. The first-order valence-electron chi connectivity index (χ1n) is 8.64. The molecule has 0 saturated carbocycles. The summed E-state index contributed by atoms with van der Waals surface area (Å²) in [5.74, 6) is -0.124. The fourth-order valence-electron chi connectivity index (χ4n) is 3.28. The van der Waals surface area contributed by atoms with Crippen LogP contribution < -0.4 is 4.90 Å². The van der Waals surface area contributed by atoms with Crippen LogP contribution in [-0.4, -0.2) is 23.3 Å². The first-order valence-corrected chi connectivity index (χ1v) is 8.64. The Labute approximate surface area is 154 Å². The number of rotatable bonds is 5. The number of carbonyl (C=O) groups is 2. The maximum Gasteiger partial charge on any atom is 0.229 e. The molecule has 0 saturated heterocycles. The van der Waals surface area contributed by atoms with Gasteiger partial charge in [0.1, 0.15) is 0 Å². The fraction of sp³-hybridized carbons (Fsp3) is 0.182. The molecule has 1 aliphatic heterocycles. The Morgan fingerprint density at radius 2 is 1.81 bits per heavy atom. The van der Waals surface area contributed by atoms with Gasteiger partial charge in [-0.2, -0.15) is 0 Å². The Kier molecular flexibility index (Phi) is 5.32. The molecular weight excluding hydrogens is 324 g/mol. The van der Waals surface area contributed by atoms with Gasteiger partial charge < -0.3 is 9.80 Å². The van der Waals surface area contributed by atoms with Crippen molar-refractivity contribution >= 4 is 23.6 Å². The van der Waals surface area contributed by atoms with Crippen molar-refractivity contribution in [1.82, 2.24) is 4.90 Å². The molecule has 1 atom stereocenters. The van der Waals surface area contributed by atoms with Gasteiger partial charge in [-0.15, -0.1) is 6.58 Å². The molecule has 132 valence electrons. The lowest BCUT2D eigenvalue weighted by Gasteiger charge is -2.33. The molecule has 0 fully saturated rings. The van der Waals surface area contributed by atoms with Gasteiger partial charge in [-0.3, -0.25) is 9.59 Å². The second-order valence-corrected chi connectivity index (χ2v) is 6.22. The molecule has 4 nitrogen and oxygen atoms in total. The summed E-state index contributed by atoms with van der Waals surface area (Å²) >= 11 is 0. The number of benzene rings is 2. The molecular formula is C22H22N2O2. The van der Waals surface area contributed by atoms with E-state index in [-0.39, 0.29) is 24.3 Å². The van der Waals surface area contributed by atoms with Gasteiger partial charge in [-0.25, -0.2) is 0 Å². The predicted molar refractivity (Wildman–Crippen MR) is 104 cm³/mol. The van der Waals surface area contributed by atoms with Gasteiger partial charge in [-0.1, -0.05) is 48.5 Å². The summed E-state index contributed by atoms with van der Waals surface area (Å²) in [6, 6.07) is 17.1. The maximum absolute atomic E-state index is 13.1. The van der Waals surface area contributed by atoms with Crippen LogP contribution >= 0.6 is 0 Å². The summed E-state index contributed by atoms with van der Waals surface area (Å²) in [7, 11) is 0. The average molecular weight is 346 g/mol. The highest BCUT2D eigenvalue weighted by Crippen LogP contribution is 2.33. The van der Waals surface area contributed by atoms with Gasteiger partial charge in [0, 0.05) is 25.4 Å². The van der Waals surface area contributed by atoms with Crippen LogP contribution in [-0.2, 0) is 9.59 Å². The summed E-state index contributed by atoms with van der Waals surface area (Å²) in [5.41, 5.74) is 2.86. The third kappa shape index (κ3) is 3.59. The standard InChI is InChI=1S/C22H22N2O2/c1-3-14-24(19-10-5-4-6-11-19)22(26)16-21-20-12-8-7-9-18(20)13-15-23(21)17(2)25/h3-13,15,21H,1,14,16H2,2H3. The number of hydrogen-bond acceptors (Lipinski definition) is 2. The third-order valence-electron chi connectivity index (χ3n) is 4.52. The van der Waals surface area contributed by atoms with Crippen LogP contribution in [0.2, 0.25) is 0 Å².